The van der Waals surface area contributed by atoms with Crippen molar-refractivity contribution in [2.75, 3.05) is 27.3 Å². The number of hydrogen-bond acceptors (Lipinski definition) is 5. The van der Waals surface area contributed by atoms with Crippen molar-refractivity contribution in [3.8, 4) is 0 Å². The lowest BCUT2D eigenvalue weighted by Crippen LogP contribution is -2.42. The third kappa shape index (κ3) is 4.18. The number of hydrogen-bond donors (Lipinski definition) is 0. The highest BCUT2D eigenvalue weighted by molar-refractivity contribution is 7.54. The molecule has 17 heavy (non-hydrogen) atoms. The van der Waals surface area contributed by atoms with E-state index in [0.717, 1.165) is 6.29 Å². The summed E-state index contributed by atoms with van der Waals surface area (Å²) in [6, 6.07) is 0. The van der Waals surface area contributed by atoms with Crippen molar-refractivity contribution in [3.63, 3.8) is 0 Å². The molecule has 0 saturated carbocycles. The Bertz CT molecular complexity index is 281. The van der Waals surface area contributed by atoms with E-state index in [9.17, 15) is 9.36 Å². The lowest BCUT2D eigenvalue weighted by molar-refractivity contribution is -0.116. The minimum absolute atomic E-state index is 0.288. The van der Waals surface area contributed by atoms with Gasteiger partial charge in [-0.3, -0.25) is 9.46 Å². The molecule has 0 N–H and O–H groups in total. The van der Waals surface area contributed by atoms with Crippen LogP contribution >= 0.6 is 7.60 Å². The molecule has 0 aromatic rings. The molecule has 0 aliphatic carbocycles. The van der Waals surface area contributed by atoms with Crippen LogP contribution in [-0.2, 0) is 18.4 Å². The SMILES string of the molecule is CCOP(=O)(OCC)C(N(C)C)C(C)(C)C=O. The number of nitrogens with zero attached hydrogens (tertiary/aromatic N) is 1. The Hall–Kier alpha value is -0.220. The minimum atomic E-state index is -3.33. The summed E-state index contributed by atoms with van der Waals surface area (Å²) in [5.41, 5.74) is -0.802. The molecular formula is C11H24NO4P. The lowest BCUT2D eigenvalue weighted by atomic mass is 9.95. The molecule has 0 aromatic carbocycles. The molecule has 0 aliphatic rings. The molecule has 5 nitrogen and oxygen atoms in total. The highest BCUT2D eigenvalue weighted by Crippen LogP contribution is 2.58. The predicted octanol–water partition coefficient (Wildman–Crippen LogP) is 2.37. The van der Waals surface area contributed by atoms with Gasteiger partial charge >= 0.3 is 7.60 Å². The van der Waals surface area contributed by atoms with Crippen molar-refractivity contribution < 1.29 is 18.4 Å². The van der Waals surface area contributed by atoms with Gasteiger partial charge in [0, 0.05) is 5.41 Å². The fourth-order valence-corrected chi connectivity index (χ4v) is 4.47. The first-order valence-electron chi connectivity index (χ1n) is 5.76. The van der Waals surface area contributed by atoms with Crippen molar-refractivity contribution in [1.29, 1.82) is 0 Å². The van der Waals surface area contributed by atoms with Crippen LogP contribution in [0, 0.1) is 5.41 Å². The van der Waals surface area contributed by atoms with E-state index in [-0.39, 0.29) is 13.2 Å². The Morgan fingerprint density at radius 3 is 1.88 bits per heavy atom. The van der Waals surface area contributed by atoms with Crippen molar-refractivity contribution >= 4 is 13.9 Å². The summed E-state index contributed by atoms with van der Waals surface area (Å²) in [5.74, 6) is -0.590. The smallest absolute Gasteiger partial charge is 0.308 e. The molecular weight excluding hydrogens is 241 g/mol. The fourth-order valence-electron chi connectivity index (χ4n) is 1.96. The topological polar surface area (TPSA) is 55.8 Å². The van der Waals surface area contributed by atoms with Crippen LogP contribution < -0.4 is 0 Å². The van der Waals surface area contributed by atoms with E-state index in [0.29, 0.717) is 0 Å². The zero-order chi connectivity index (χ0) is 13.7. The molecule has 1 unspecified atom stereocenters. The average molecular weight is 265 g/mol. The molecule has 102 valence electrons. The summed E-state index contributed by atoms with van der Waals surface area (Å²) in [6.45, 7) is 7.55. The Kier molecular flexibility index (Phi) is 6.56. The van der Waals surface area contributed by atoms with Crippen LogP contribution in [0.15, 0.2) is 0 Å². The molecule has 0 spiro atoms. The summed E-state index contributed by atoms with van der Waals surface area (Å²) < 4.78 is 23.3. The van der Waals surface area contributed by atoms with Crippen LogP contribution in [0.5, 0.6) is 0 Å². The molecule has 0 aromatic heterocycles. The first-order valence-corrected chi connectivity index (χ1v) is 7.38. The summed E-state index contributed by atoms with van der Waals surface area (Å²) in [4.78, 5) is 12.9. The van der Waals surface area contributed by atoms with Gasteiger partial charge in [0.15, 0.2) is 0 Å². The van der Waals surface area contributed by atoms with Gasteiger partial charge in [0.25, 0.3) is 0 Å². The van der Waals surface area contributed by atoms with Crippen LogP contribution in [0.3, 0.4) is 0 Å². The standard InChI is InChI=1S/C11H24NO4P/c1-7-15-17(14,16-8-2)10(12(5)6)11(3,4)9-13/h9-10H,7-8H2,1-6H3. The molecule has 0 bridgehead atoms. The van der Waals surface area contributed by atoms with E-state index in [2.05, 4.69) is 0 Å². The van der Waals surface area contributed by atoms with Crippen LogP contribution in [-0.4, -0.2) is 44.3 Å². The Morgan fingerprint density at radius 2 is 1.65 bits per heavy atom. The Labute approximate surface area is 104 Å². The van der Waals surface area contributed by atoms with Gasteiger partial charge in [-0.15, -0.1) is 0 Å². The average Bonchev–Trinajstić information content (AvgIpc) is 2.16. The summed E-state index contributed by atoms with van der Waals surface area (Å²) in [5, 5.41) is 0. The molecule has 0 saturated heterocycles. The van der Waals surface area contributed by atoms with Gasteiger partial charge in [0.1, 0.15) is 12.1 Å². The van der Waals surface area contributed by atoms with Gasteiger partial charge < -0.3 is 13.8 Å². The lowest BCUT2D eigenvalue weighted by Gasteiger charge is -2.38. The third-order valence-electron chi connectivity index (χ3n) is 2.38. The molecule has 0 radical (unpaired) electrons. The first kappa shape index (κ1) is 16.8. The molecule has 0 aliphatic heterocycles. The highest BCUT2D eigenvalue weighted by Gasteiger charge is 2.47. The van der Waals surface area contributed by atoms with Crippen LogP contribution in [0.1, 0.15) is 27.7 Å². The number of aldehydes is 1. The summed E-state index contributed by atoms with van der Waals surface area (Å²) in [6.07, 6.45) is 0.794. The molecule has 0 heterocycles. The minimum Gasteiger partial charge on any atom is -0.308 e. The maximum Gasteiger partial charge on any atom is 0.348 e. The van der Waals surface area contributed by atoms with E-state index in [1.807, 2.05) is 0 Å². The van der Waals surface area contributed by atoms with Gasteiger partial charge in [-0.05, 0) is 27.9 Å². The molecule has 0 rings (SSSR count). The van der Waals surface area contributed by atoms with Crippen molar-refractivity contribution in [3.05, 3.63) is 0 Å². The van der Waals surface area contributed by atoms with E-state index < -0.39 is 18.8 Å². The van der Waals surface area contributed by atoms with Crippen LogP contribution in [0.25, 0.3) is 0 Å². The van der Waals surface area contributed by atoms with Gasteiger partial charge in [-0.2, -0.15) is 0 Å². The zero-order valence-corrected chi connectivity index (χ0v) is 12.5. The number of carbonyl (C=O) groups excluding carboxylic acids is 1. The molecule has 1 atom stereocenters. The maximum absolute atomic E-state index is 12.7. The van der Waals surface area contributed by atoms with E-state index >= 15 is 0 Å². The monoisotopic (exact) mass is 265 g/mol. The Morgan fingerprint density at radius 1 is 1.24 bits per heavy atom. The fraction of sp³-hybridized carbons (Fsp3) is 0.909. The summed E-state index contributed by atoms with van der Waals surface area (Å²) in [7, 11) is 0.200. The van der Waals surface area contributed by atoms with Crippen molar-refractivity contribution in [2.24, 2.45) is 5.41 Å². The molecule has 0 fully saturated rings. The first-order chi connectivity index (χ1) is 7.75. The maximum atomic E-state index is 12.7. The largest absolute Gasteiger partial charge is 0.348 e. The second-order valence-electron chi connectivity index (χ2n) is 4.65. The van der Waals surface area contributed by atoms with E-state index in [1.165, 1.54) is 0 Å². The normalized spacial score (nSPS) is 15.0. The van der Waals surface area contributed by atoms with Crippen LogP contribution in [0.2, 0.25) is 0 Å². The number of rotatable bonds is 8. The van der Waals surface area contributed by atoms with Crippen LogP contribution in [0.4, 0.5) is 0 Å². The quantitative estimate of drug-likeness (QED) is 0.498. The van der Waals surface area contributed by atoms with Gasteiger partial charge in [-0.25, -0.2) is 0 Å². The molecule has 6 heteroatoms. The number of carbonyl (C=O) groups is 1. The van der Waals surface area contributed by atoms with Gasteiger partial charge in [0.2, 0.25) is 0 Å². The second-order valence-corrected chi connectivity index (χ2v) is 6.74. The Balaban J connectivity index is 5.39. The van der Waals surface area contributed by atoms with E-state index in [4.69, 9.17) is 9.05 Å². The van der Waals surface area contributed by atoms with Gasteiger partial charge in [-0.1, -0.05) is 13.8 Å². The van der Waals surface area contributed by atoms with Crippen molar-refractivity contribution in [2.45, 2.75) is 33.5 Å². The van der Waals surface area contributed by atoms with Gasteiger partial charge in [0.05, 0.1) is 13.2 Å². The summed E-state index contributed by atoms with van der Waals surface area (Å²) >= 11 is 0. The highest BCUT2D eigenvalue weighted by atomic mass is 31.2. The van der Waals surface area contributed by atoms with Crippen molar-refractivity contribution in [1.82, 2.24) is 4.90 Å². The zero-order valence-electron chi connectivity index (χ0n) is 11.6. The predicted molar refractivity (Wildman–Crippen MR) is 68.2 cm³/mol. The third-order valence-corrected chi connectivity index (χ3v) is 5.34. The molecule has 0 amide bonds. The van der Waals surface area contributed by atoms with E-state index in [1.54, 1.807) is 46.7 Å². The second kappa shape index (κ2) is 6.64.